The lowest BCUT2D eigenvalue weighted by molar-refractivity contribution is -0.131. The number of hydrogen-bond donors (Lipinski definition) is 3. The lowest BCUT2D eigenvalue weighted by Crippen LogP contribution is -2.45. The van der Waals surface area contributed by atoms with Crippen LogP contribution < -0.4 is 10.6 Å². The number of rotatable bonds is 6. The van der Waals surface area contributed by atoms with Gasteiger partial charge in [-0.1, -0.05) is 67.8 Å². The van der Waals surface area contributed by atoms with Crippen molar-refractivity contribution in [2.45, 2.75) is 50.3 Å². The zero-order chi connectivity index (χ0) is 17.5. The smallest absolute Gasteiger partial charge is 0.251 e. The molecule has 132 valence electrons. The molecular weight excluding hydrogens is 312 g/mol. The van der Waals surface area contributed by atoms with Crippen molar-refractivity contribution in [2.75, 3.05) is 5.32 Å². The number of aliphatic hydroxyl groups is 1. The monoisotopic (exact) mass is 338 g/mol. The van der Waals surface area contributed by atoms with Crippen molar-refractivity contribution in [3.05, 3.63) is 66.2 Å². The molecule has 0 radical (unpaired) electrons. The van der Waals surface area contributed by atoms with Crippen LogP contribution in [0.15, 0.2) is 60.7 Å². The van der Waals surface area contributed by atoms with Crippen molar-refractivity contribution in [2.24, 2.45) is 0 Å². The van der Waals surface area contributed by atoms with Crippen LogP contribution in [0.5, 0.6) is 0 Å². The van der Waals surface area contributed by atoms with Gasteiger partial charge in [-0.3, -0.25) is 4.79 Å². The zero-order valence-electron chi connectivity index (χ0n) is 14.4. The lowest BCUT2D eigenvalue weighted by Gasteiger charge is -2.28. The molecule has 4 heteroatoms. The van der Waals surface area contributed by atoms with Crippen molar-refractivity contribution in [1.29, 1.82) is 0 Å². The summed E-state index contributed by atoms with van der Waals surface area (Å²) in [7, 11) is 0. The summed E-state index contributed by atoms with van der Waals surface area (Å²) in [5, 5.41) is 17.1. The molecule has 1 saturated carbocycles. The van der Waals surface area contributed by atoms with E-state index in [1.54, 1.807) is 0 Å². The number of nitrogens with one attached hydrogen (secondary N) is 2. The maximum absolute atomic E-state index is 12.6. The summed E-state index contributed by atoms with van der Waals surface area (Å²) in [5.74, 6) is -0.302. The van der Waals surface area contributed by atoms with Gasteiger partial charge in [0.1, 0.15) is 0 Å². The molecule has 1 aliphatic rings. The van der Waals surface area contributed by atoms with E-state index in [9.17, 15) is 9.90 Å². The van der Waals surface area contributed by atoms with Gasteiger partial charge >= 0.3 is 0 Å². The molecule has 1 fully saturated rings. The minimum atomic E-state index is -1.15. The number of benzene rings is 2. The Morgan fingerprint density at radius 2 is 1.52 bits per heavy atom. The topological polar surface area (TPSA) is 61.4 Å². The molecule has 0 bridgehead atoms. The largest absolute Gasteiger partial charge is 0.381 e. The Morgan fingerprint density at radius 3 is 2.16 bits per heavy atom. The minimum absolute atomic E-state index is 0.184. The van der Waals surface area contributed by atoms with Crippen molar-refractivity contribution in [1.82, 2.24) is 5.32 Å². The van der Waals surface area contributed by atoms with Crippen LogP contribution in [-0.4, -0.2) is 23.2 Å². The molecule has 0 aliphatic heterocycles. The highest BCUT2D eigenvalue weighted by Crippen LogP contribution is 2.24. The molecule has 4 nitrogen and oxygen atoms in total. The second-order valence-electron chi connectivity index (χ2n) is 6.69. The normalized spacial score (nSPS) is 17.5. The van der Waals surface area contributed by atoms with E-state index < -0.39 is 12.1 Å². The van der Waals surface area contributed by atoms with Crippen LogP contribution in [0.2, 0.25) is 0 Å². The summed E-state index contributed by atoms with van der Waals surface area (Å²) in [6.07, 6.45) is 4.37. The Kier molecular flexibility index (Phi) is 6.07. The van der Waals surface area contributed by atoms with Gasteiger partial charge in [0.25, 0.3) is 5.91 Å². The molecule has 3 rings (SSSR count). The third-order valence-corrected chi connectivity index (χ3v) is 4.79. The van der Waals surface area contributed by atoms with Crippen molar-refractivity contribution in [3.63, 3.8) is 0 Å². The van der Waals surface area contributed by atoms with Gasteiger partial charge in [0.05, 0.1) is 6.04 Å². The van der Waals surface area contributed by atoms with E-state index in [2.05, 4.69) is 10.6 Å². The van der Waals surface area contributed by atoms with Gasteiger partial charge in [-0.15, -0.1) is 0 Å². The fraction of sp³-hybridized carbons (Fsp3) is 0.381. The SMILES string of the molecule is O=C(NC1CCCCC1)[C@@H](O)[C@H](Nc1ccccc1)c1ccccc1. The second-order valence-corrected chi connectivity index (χ2v) is 6.69. The standard InChI is InChI=1S/C21H26N2O2/c24-20(21(25)23-18-14-8-3-9-15-18)19(16-10-4-1-5-11-16)22-17-12-6-2-7-13-17/h1-2,4-7,10-13,18-20,22,24H,3,8-9,14-15H2,(H,23,25)/t19-,20+/m1/s1. The van der Waals surface area contributed by atoms with Crippen LogP contribution in [0.1, 0.15) is 43.7 Å². The van der Waals surface area contributed by atoms with Gasteiger partial charge in [0.15, 0.2) is 6.10 Å². The second kappa shape index (κ2) is 8.67. The van der Waals surface area contributed by atoms with Gasteiger partial charge in [-0.05, 0) is 30.5 Å². The minimum Gasteiger partial charge on any atom is -0.381 e. The highest BCUT2D eigenvalue weighted by atomic mass is 16.3. The van der Waals surface area contributed by atoms with E-state index in [0.29, 0.717) is 0 Å². The van der Waals surface area contributed by atoms with E-state index >= 15 is 0 Å². The van der Waals surface area contributed by atoms with Crippen LogP contribution in [0, 0.1) is 0 Å². The number of carbonyl (C=O) groups excluding carboxylic acids is 1. The van der Waals surface area contributed by atoms with Crippen molar-refractivity contribution >= 4 is 11.6 Å². The van der Waals surface area contributed by atoms with E-state index in [1.165, 1.54) is 6.42 Å². The quantitative estimate of drug-likeness (QED) is 0.753. The van der Waals surface area contributed by atoms with E-state index in [0.717, 1.165) is 36.9 Å². The number of carbonyl (C=O) groups is 1. The van der Waals surface area contributed by atoms with Gasteiger partial charge in [-0.2, -0.15) is 0 Å². The Labute approximate surface area is 149 Å². The molecule has 2 aromatic rings. The van der Waals surface area contributed by atoms with Gasteiger partial charge in [0, 0.05) is 11.7 Å². The third-order valence-electron chi connectivity index (χ3n) is 4.79. The first-order valence-corrected chi connectivity index (χ1v) is 9.09. The highest BCUT2D eigenvalue weighted by Gasteiger charge is 2.29. The predicted octanol–water partition coefficient (Wildman–Crippen LogP) is 3.65. The van der Waals surface area contributed by atoms with E-state index in [4.69, 9.17) is 0 Å². The molecular formula is C21H26N2O2. The van der Waals surface area contributed by atoms with Crippen LogP contribution in [0.4, 0.5) is 5.69 Å². The highest BCUT2D eigenvalue weighted by molar-refractivity contribution is 5.82. The number of hydrogen-bond acceptors (Lipinski definition) is 3. The van der Waals surface area contributed by atoms with E-state index in [-0.39, 0.29) is 11.9 Å². The molecule has 0 spiro atoms. The maximum Gasteiger partial charge on any atom is 0.251 e. The summed E-state index contributed by atoms with van der Waals surface area (Å²) < 4.78 is 0. The number of para-hydroxylation sites is 1. The molecule has 1 aliphatic carbocycles. The predicted molar refractivity (Wildman–Crippen MR) is 100 cm³/mol. The van der Waals surface area contributed by atoms with Crippen molar-refractivity contribution < 1.29 is 9.90 Å². The molecule has 3 N–H and O–H groups in total. The first-order valence-electron chi connectivity index (χ1n) is 9.09. The fourth-order valence-corrected chi connectivity index (χ4v) is 3.40. The van der Waals surface area contributed by atoms with Crippen LogP contribution >= 0.6 is 0 Å². The summed E-state index contributed by atoms with van der Waals surface area (Å²) in [4.78, 5) is 12.6. The van der Waals surface area contributed by atoms with Crippen LogP contribution in [-0.2, 0) is 4.79 Å². The molecule has 0 saturated heterocycles. The average Bonchev–Trinajstić information content (AvgIpc) is 2.68. The Morgan fingerprint density at radius 1 is 0.920 bits per heavy atom. The Hall–Kier alpha value is -2.33. The summed E-state index contributed by atoms with van der Waals surface area (Å²) in [6.45, 7) is 0. The first kappa shape index (κ1) is 17.5. The molecule has 25 heavy (non-hydrogen) atoms. The molecule has 1 amide bonds. The first-order chi connectivity index (χ1) is 12.2. The third kappa shape index (κ3) is 4.83. The number of aliphatic hydroxyl groups excluding tert-OH is 1. The summed E-state index contributed by atoms with van der Waals surface area (Å²) in [5.41, 5.74) is 1.76. The number of amides is 1. The number of anilines is 1. The molecule has 2 atom stereocenters. The van der Waals surface area contributed by atoms with Gasteiger partial charge in [0.2, 0.25) is 0 Å². The average molecular weight is 338 g/mol. The Bertz CT molecular complexity index is 654. The lowest BCUT2D eigenvalue weighted by atomic mass is 9.94. The Balaban J connectivity index is 1.74. The van der Waals surface area contributed by atoms with Crippen LogP contribution in [0.3, 0.4) is 0 Å². The van der Waals surface area contributed by atoms with Crippen LogP contribution in [0.25, 0.3) is 0 Å². The fourth-order valence-electron chi connectivity index (χ4n) is 3.40. The zero-order valence-corrected chi connectivity index (χ0v) is 14.4. The summed E-state index contributed by atoms with van der Waals surface area (Å²) in [6, 6.07) is 19.0. The summed E-state index contributed by atoms with van der Waals surface area (Å²) >= 11 is 0. The maximum atomic E-state index is 12.6. The van der Waals surface area contributed by atoms with Crippen molar-refractivity contribution in [3.8, 4) is 0 Å². The molecule has 0 unspecified atom stereocenters. The van der Waals surface area contributed by atoms with Gasteiger partial charge < -0.3 is 15.7 Å². The molecule has 0 heterocycles. The van der Waals surface area contributed by atoms with E-state index in [1.807, 2.05) is 60.7 Å². The molecule has 0 aromatic heterocycles. The van der Waals surface area contributed by atoms with Gasteiger partial charge in [-0.25, -0.2) is 0 Å². The molecule has 2 aromatic carbocycles.